The largest absolute Gasteiger partial charge is 0.353 e. The molecule has 2 aliphatic rings. The van der Waals surface area contributed by atoms with Gasteiger partial charge in [0.2, 0.25) is 5.91 Å². The van der Waals surface area contributed by atoms with Crippen LogP contribution in [-0.2, 0) is 4.79 Å². The number of rotatable bonds is 3. The third-order valence-electron chi connectivity index (χ3n) is 4.50. The molecule has 1 saturated carbocycles. The number of carbonyl (C=O) groups is 1. The van der Waals surface area contributed by atoms with Crippen LogP contribution >= 0.6 is 0 Å². The van der Waals surface area contributed by atoms with Crippen molar-refractivity contribution in [3.05, 3.63) is 0 Å². The molecule has 4 nitrogen and oxygen atoms in total. The second-order valence-electron chi connectivity index (χ2n) is 6.06. The SMILES string of the molecule is CN1CCC(NC(=O)CC2CCCCC2N)CC1. The third-order valence-corrected chi connectivity index (χ3v) is 4.50. The molecule has 4 heteroatoms. The molecule has 1 amide bonds. The molecule has 0 bridgehead atoms. The number of hydrogen-bond donors (Lipinski definition) is 2. The average Bonchev–Trinajstić information content (AvgIpc) is 2.35. The van der Waals surface area contributed by atoms with Gasteiger partial charge in [-0.1, -0.05) is 12.8 Å². The van der Waals surface area contributed by atoms with E-state index in [9.17, 15) is 4.79 Å². The summed E-state index contributed by atoms with van der Waals surface area (Å²) < 4.78 is 0. The topological polar surface area (TPSA) is 58.4 Å². The van der Waals surface area contributed by atoms with Crippen LogP contribution in [0.25, 0.3) is 0 Å². The first-order valence-corrected chi connectivity index (χ1v) is 7.38. The van der Waals surface area contributed by atoms with E-state index in [4.69, 9.17) is 5.73 Å². The van der Waals surface area contributed by atoms with Crippen molar-refractivity contribution in [1.29, 1.82) is 0 Å². The van der Waals surface area contributed by atoms with Crippen LogP contribution in [0.15, 0.2) is 0 Å². The van der Waals surface area contributed by atoms with E-state index in [0.29, 0.717) is 18.4 Å². The van der Waals surface area contributed by atoms with Crippen molar-refractivity contribution in [2.24, 2.45) is 11.7 Å². The fraction of sp³-hybridized carbons (Fsp3) is 0.929. The molecular weight excluding hydrogens is 226 g/mol. The Kier molecular flexibility index (Phi) is 5.01. The quantitative estimate of drug-likeness (QED) is 0.792. The second kappa shape index (κ2) is 6.53. The van der Waals surface area contributed by atoms with E-state index < -0.39 is 0 Å². The Morgan fingerprint density at radius 2 is 1.89 bits per heavy atom. The minimum atomic E-state index is 0.215. The Balaban J connectivity index is 1.71. The molecule has 1 heterocycles. The van der Waals surface area contributed by atoms with Gasteiger partial charge in [-0.2, -0.15) is 0 Å². The molecule has 0 aromatic rings. The molecule has 104 valence electrons. The molecular formula is C14H27N3O. The number of carbonyl (C=O) groups excluding carboxylic acids is 1. The highest BCUT2D eigenvalue weighted by molar-refractivity contribution is 5.76. The van der Waals surface area contributed by atoms with E-state index in [-0.39, 0.29) is 11.9 Å². The molecule has 2 atom stereocenters. The Morgan fingerprint density at radius 1 is 1.22 bits per heavy atom. The number of likely N-dealkylation sites (tertiary alicyclic amines) is 1. The summed E-state index contributed by atoms with van der Waals surface area (Å²) in [5.74, 6) is 0.622. The number of nitrogens with one attached hydrogen (secondary N) is 1. The zero-order chi connectivity index (χ0) is 13.0. The zero-order valence-electron chi connectivity index (χ0n) is 11.5. The van der Waals surface area contributed by atoms with Crippen LogP contribution in [0.3, 0.4) is 0 Å². The fourth-order valence-electron chi connectivity index (χ4n) is 3.17. The highest BCUT2D eigenvalue weighted by atomic mass is 16.1. The normalized spacial score (nSPS) is 31.2. The van der Waals surface area contributed by atoms with Gasteiger partial charge in [-0.15, -0.1) is 0 Å². The van der Waals surface area contributed by atoms with Gasteiger partial charge in [0.25, 0.3) is 0 Å². The summed E-state index contributed by atoms with van der Waals surface area (Å²) in [5.41, 5.74) is 6.09. The summed E-state index contributed by atoms with van der Waals surface area (Å²) in [7, 11) is 2.14. The molecule has 1 saturated heterocycles. The van der Waals surface area contributed by atoms with Crippen molar-refractivity contribution in [3.63, 3.8) is 0 Å². The lowest BCUT2D eigenvalue weighted by Crippen LogP contribution is -2.45. The Hall–Kier alpha value is -0.610. The molecule has 1 aliphatic heterocycles. The summed E-state index contributed by atoms with van der Waals surface area (Å²) in [6.45, 7) is 2.18. The Morgan fingerprint density at radius 3 is 2.56 bits per heavy atom. The summed E-state index contributed by atoms with van der Waals surface area (Å²) in [6, 6.07) is 0.621. The van der Waals surface area contributed by atoms with Crippen molar-refractivity contribution < 1.29 is 4.79 Å². The van der Waals surface area contributed by atoms with Gasteiger partial charge in [0.15, 0.2) is 0 Å². The maximum Gasteiger partial charge on any atom is 0.220 e. The van der Waals surface area contributed by atoms with Crippen LogP contribution in [0.2, 0.25) is 0 Å². The molecule has 0 aromatic heterocycles. The van der Waals surface area contributed by atoms with Gasteiger partial charge in [-0.05, 0) is 51.7 Å². The van der Waals surface area contributed by atoms with Gasteiger partial charge in [0.1, 0.15) is 0 Å². The highest BCUT2D eigenvalue weighted by Gasteiger charge is 2.25. The third kappa shape index (κ3) is 3.95. The van der Waals surface area contributed by atoms with Gasteiger partial charge in [-0.3, -0.25) is 4.79 Å². The van der Waals surface area contributed by atoms with Crippen LogP contribution in [-0.4, -0.2) is 43.0 Å². The van der Waals surface area contributed by atoms with Crippen LogP contribution in [0.4, 0.5) is 0 Å². The van der Waals surface area contributed by atoms with Gasteiger partial charge >= 0.3 is 0 Å². The highest BCUT2D eigenvalue weighted by Crippen LogP contribution is 2.25. The first-order valence-electron chi connectivity index (χ1n) is 7.38. The van der Waals surface area contributed by atoms with E-state index >= 15 is 0 Å². The number of amides is 1. The average molecular weight is 253 g/mol. The molecule has 2 unspecified atom stereocenters. The summed E-state index contributed by atoms with van der Waals surface area (Å²) >= 11 is 0. The molecule has 1 aliphatic carbocycles. The molecule has 3 N–H and O–H groups in total. The van der Waals surface area contributed by atoms with E-state index in [0.717, 1.165) is 38.8 Å². The summed E-state index contributed by atoms with van der Waals surface area (Å²) in [6.07, 6.45) is 7.48. The first kappa shape index (κ1) is 13.8. The smallest absolute Gasteiger partial charge is 0.220 e. The minimum Gasteiger partial charge on any atom is -0.353 e. The van der Waals surface area contributed by atoms with Gasteiger partial charge in [-0.25, -0.2) is 0 Å². The Bertz CT molecular complexity index is 274. The Labute approximate surface area is 110 Å². The predicted octanol–water partition coefficient (Wildman–Crippen LogP) is 1.10. The van der Waals surface area contributed by atoms with Gasteiger partial charge in [0.05, 0.1) is 0 Å². The number of piperidine rings is 1. The fourth-order valence-corrected chi connectivity index (χ4v) is 3.17. The number of hydrogen-bond acceptors (Lipinski definition) is 3. The van der Waals surface area contributed by atoms with Crippen molar-refractivity contribution >= 4 is 5.91 Å². The van der Waals surface area contributed by atoms with Crippen LogP contribution in [0.5, 0.6) is 0 Å². The van der Waals surface area contributed by atoms with E-state index in [1.165, 1.54) is 12.8 Å². The van der Waals surface area contributed by atoms with Crippen molar-refractivity contribution in [2.45, 2.75) is 57.0 Å². The first-order chi connectivity index (χ1) is 8.65. The minimum absolute atomic E-state index is 0.215. The molecule has 0 aromatic carbocycles. The van der Waals surface area contributed by atoms with Crippen molar-refractivity contribution in [3.8, 4) is 0 Å². The molecule has 0 radical (unpaired) electrons. The molecule has 18 heavy (non-hydrogen) atoms. The standard InChI is InChI=1S/C14H27N3O/c1-17-8-6-12(7-9-17)16-14(18)10-11-4-2-3-5-13(11)15/h11-13H,2-10,15H2,1H3,(H,16,18). The van der Waals surface area contributed by atoms with Gasteiger partial charge < -0.3 is 16.0 Å². The van der Waals surface area contributed by atoms with E-state index in [1.54, 1.807) is 0 Å². The van der Waals surface area contributed by atoms with Crippen LogP contribution in [0, 0.1) is 5.92 Å². The van der Waals surface area contributed by atoms with Gasteiger partial charge in [0, 0.05) is 18.5 Å². The van der Waals surface area contributed by atoms with E-state index in [2.05, 4.69) is 17.3 Å². The zero-order valence-corrected chi connectivity index (χ0v) is 11.5. The van der Waals surface area contributed by atoms with E-state index in [1.807, 2.05) is 0 Å². The maximum absolute atomic E-state index is 12.0. The second-order valence-corrected chi connectivity index (χ2v) is 6.06. The lowest BCUT2D eigenvalue weighted by atomic mass is 9.83. The van der Waals surface area contributed by atoms with Crippen LogP contribution in [0.1, 0.15) is 44.9 Å². The lowest BCUT2D eigenvalue weighted by molar-refractivity contribution is -0.123. The maximum atomic E-state index is 12.0. The van der Waals surface area contributed by atoms with Crippen molar-refractivity contribution in [1.82, 2.24) is 10.2 Å². The lowest BCUT2D eigenvalue weighted by Gasteiger charge is -2.31. The van der Waals surface area contributed by atoms with Crippen LogP contribution < -0.4 is 11.1 Å². The molecule has 0 spiro atoms. The summed E-state index contributed by atoms with van der Waals surface area (Å²) in [5, 5.41) is 3.19. The summed E-state index contributed by atoms with van der Waals surface area (Å²) in [4.78, 5) is 14.3. The predicted molar refractivity (Wildman–Crippen MR) is 73.2 cm³/mol. The monoisotopic (exact) mass is 253 g/mol. The molecule has 2 fully saturated rings. The molecule has 2 rings (SSSR count). The number of nitrogens with two attached hydrogens (primary N) is 1. The van der Waals surface area contributed by atoms with Crippen molar-refractivity contribution in [2.75, 3.05) is 20.1 Å². The number of nitrogens with zero attached hydrogens (tertiary/aromatic N) is 1.